The summed E-state index contributed by atoms with van der Waals surface area (Å²) in [7, 11) is 4.07. The van der Waals surface area contributed by atoms with Gasteiger partial charge in [0.15, 0.2) is 0 Å². The van der Waals surface area contributed by atoms with Crippen LogP contribution in [0.2, 0.25) is 0 Å². The molecule has 2 aliphatic rings. The lowest BCUT2D eigenvalue weighted by Gasteiger charge is -2.16. The Hall–Kier alpha value is -1.67. The second kappa shape index (κ2) is 7.48. The van der Waals surface area contributed by atoms with Crippen molar-refractivity contribution in [2.45, 2.75) is 30.9 Å². The molecule has 7 heteroatoms. The smallest absolute Gasteiger partial charge is 0.243 e. The Morgan fingerprint density at radius 3 is 2.62 bits per heavy atom. The maximum absolute atomic E-state index is 10.8. The normalized spacial score (nSPS) is 28.8. The van der Waals surface area contributed by atoms with Crippen LogP contribution in [0.5, 0.6) is 0 Å². The fourth-order valence-corrected chi connectivity index (χ4v) is 3.25. The summed E-state index contributed by atoms with van der Waals surface area (Å²) in [4.78, 5) is 12.9. The van der Waals surface area contributed by atoms with Gasteiger partial charge in [-0.3, -0.25) is 4.79 Å². The minimum Gasteiger partial charge on any atom is -0.378 e. The molecule has 0 unspecified atom stereocenters. The van der Waals surface area contributed by atoms with Crippen LogP contribution in [0.1, 0.15) is 5.56 Å². The molecule has 1 aromatic carbocycles. The molecule has 2 fully saturated rings. The summed E-state index contributed by atoms with van der Waals surface area (Å²) in [6.45, 7) is 1.86. The van der Waals surface area contributed by atoms with Crippen molar-refractivity contribution in [1.82, 2.24) is 0 Å². The van der Waals surface area contributed by atoms with E-state index in [9.17, 15) is 4.79 Å². The quantitative estimate of drug-likeness (QED) is 0.656. The van der Waals surface area contributed by atoms with Crippen molar-refractivity contribution >= 4 is 11.6 Å². The average Bonchev–Trinajstić information content (AvgIpc) is 3.13. The number of benzene rings is 1. The summed E-state index contributed by atoms with van der Waals surface area (Å²) in [5.74, 6) is -0.472. The van der Waals surface area contributed by atoms with Crippen LogP contribution in [0.25, 0.3) is 0 Å². The van der Waals surface area contributed by atoms with Gasteiger partial charge in [0.1, 0.15) is 44.1 Å². The van der Waals surface area contributed by atoms with Crippen molar-refractivity contribution < 1.29 is 24.3 Å². The van der Waals surface area contributed by atoms with Crippen molar-refractivity contribution in [3.8, 4) is 0 Å². The third-order valence-electron chi connectivity index (χ3n) is 4.59. The summed E-state index contributed by atoms with van der Waals surface area (Å²) in [5, 5.41) is 2.26. The first-order valence-electron chi connectivity index (χ1n) is 8.27. The lowest BCUT2D eigenvalue weighted by molar-refractivity contribution is -0.707. The standard InChI is InChI=1S/C17H25N3O4/c1-20(2)12-5-3-11(4-6-12)7-19-13-8-23-17-14(9-24-16(13)17)22-10-15(18)21/h3-6,13-14,16-17,19H,7-10H2,1-2H3,(H2,18,21)/p+1/t13-,14+,16+,17+/m0/s1. The number of amides is 1. The van der Waals surface area contributed by atoms with Gasteiger partial charge in [-0.2, -0.15) is 0 Å². The largest absolute Gasteiger partial charge is 0.378 e. The van der Waals surface area contributed by atoms with Gasteiger partial charge >= 0.3 is 0 Å². The summed E-state index contributed by atoms with van der Waals surface area (Å²) < 4.78 is 17.1. The fraction of sp³-hybridized carbons (Fsp3) is 0.588. The van der Waals surface area contributed by atoms with Crippen LogP contribution in [0.15, 0.2) is 24.3 Å². The van der Waals surface area contributed by atoms with Crippen LogP contribution < -0.4 is 16.0 Å². The van der Waals surface area contributed by atoms with Crippen molar-refractivity contribution in [2.75, 3.05) is 38.8 Å². The maximum atomic E-state index is 10.8. The van der Waals surface area contributed by atoms with Gasteiger partial charge in [-0.1, -0.05) is 12.1 Å². The third-order valence-corrected chi connectivity index (χ3v) is 4.59. The highest BCUT2D eigenvalue weighted by atomic mass is 16.6. The Balaban J connectivity index is 1.50. The SMILES string of the molecule is CN(C)c1ccc(C[NH2+][C@H]2CO[C@H]3[C@@H]2OC[C@H]3OCC(N)=O)cc1. The molecular weight excluding hydrogens is 310 g/mol. The number of carbonyl (C=O) groups is 1. The Labute approximate surface area is 142 Å². The van der Waals surface area contributed by atoms with E-state index in [1.165, 1.54) is 11.3 Å². The van der Waals surface area contributed by atoms with E-state index in [1.54, 1.807) is 0 Å². The number of nitrogens with two attached hydrogens (primary N) is 2. The van der Waals surface area contributed by atoms with Crippen LogP contribution in [-0.2, 0) is 25.5 Å². The highest BCUT2D eigenvalue weighted by Crippen LogP contribution is 2.27. The van der Waals surface area contributed by atoms with Gasteiger partial charge in [-0.05, 0) is 12.1 Å². The monoisotopic (exact) mass is 336 g/mol. The number of rotatable bonds is 7. The molecule has 132 valence electrons. The van der Waals surface area contributed by atoms with Crippen LogP contribution in [0.4, 0.5) is 5.69 Å². The summed E-state index contributed by atoms with van der Waals surface area (Å²) in [6, 6.07) is 8.78. The van der Waals surface area contributed by atoms with E-state index in [4.69, 9.17) is 19.9 Å². The van der Waals surface area contributed by atoms with E-state index in [0.717, 1.165) is 6.54 Å². The molecule has 4 N–H and O–H groups in total. The second-order valence-electron chi connectivity index (χ2n) is 6.58. The van der Waals surface area contributed by atoms with Gasteiger partial charge in [-0.15, -0.1) is 0 Å². The Morgan fingerprint density at radius 2 is 1.96 bits per heavy atom. The molecule has 0 aliphatic carbocycles. The molecule has 0 aromatic heterocycles. The van der Waals surface area contributed by atoms with Gasteiger partial charge in [0.05, 0.1) is 6.61 Å². The molecule has 0 radical (unpaired) electrons. The molecule has 1 aromatic rings. The summed E-state index contributed by atoms with van der Waals surface area (Å²) in [5.41, 5.74) is 7.58. The topological polar surface area (TPSA) is 90.6 Å². The highest BCUT2D eigenvalue weighted by Gasteiger charge is 2.50. The van der Waals surface area contributed by atoms with Crippen molar-refractivity contribution in [3.05, 3.63) is 29.8 Å². The molecule has 2 saturated heterocycles. The molecule has 24 heavy (non-hydrogen) atoms. The number of anilines is 1. The molecule has 2 heterocycles. The lowest BCUT2D eigenvalue weighted by atomic mass is 10.1. The molecular formula is C17H26N3O4+. The Kier molecular flexibility index (Phi) is 5.35. The van der Waals surface area contributed by atoms with E-state index in [0.29, 0.717) is 13.2 Å². The molecule has 4 atom stereocenters. The number of ether oxygens (including phenoxy) is 3. The first-order chi connectivity index (χ1) is 11.5. The summed E-state index contributed by atoms with van der Waals surface area (Å²) >= 11 is 0. The number of fused-ring (bicyclic) bond motifs is 1. The molecule has 0 bridgehead atoms. The third kappa shape index (κ3) is 3.87. The predicted molar refractivity (Wildman–Crippen MR) is 88.6 cm³/mol. The zero-order valence-electron chi connectivity index (χ0n) is 14.2. The molecule has 3 rings (SSSR count). The first-order valence-corrected chi connectivity index (χ1v) is 8.27. The molecule has 0 spiro atoms. The van der Waals surface area contributed by atoms with E-state index in [-0.39, 0.29) is 31.0 Å². The minimum atomic E-state index is -0.472. The number of carbonyl (C=O) groups excluding carboxylic acids is 1. The zero-order chi connectivity index (χ0) is 17.1. The van der Waals surface area contributed by atoms with Gasteiger partial charge in [-0.25, -0.2) is 0 Å². The number of primary amides is 1. The van der Waals surface area contributed by atoms with E-state index in [2.05, 4.69) is 34.5 Å². The fourth-order valence-electron chi connectivity index (χ4n) is 3.25. The van der Waals surface area contributed by atoms with Crippen LogP contribution >= 0.6 is 0 Å². The molecule has 7 nitrogen and oxygen atoms in total. The highest BCUT2D eigenvalue weighted by molar-refractivity contribution is 5.75. The van der Waals surface area contributed by atoms with Crippen LogP contribution in [0.3, 0.4) is 0 Å². The number of nitrogens with zero attached hydrogens (tertiary/aromatic N) is 1. The van der Waals surface area contributed by atoms with Gasteiger partial charge in [0.25, 0.3) is 0 Å². The number of hydrogen-bond acceptors (Lipinski definition) is 5. The van der Waals surface area contributed by atoms with E-state index < -0.39 is 5.91 Å². The van der Waals surface area contributed by atoms with Crippen LogP contribution in [0, 0.1) is 0 Å². The predicted octanol–water partition coefficient (Wildman–Crippen LogP) is -1.15. The Bertz CT molecular complexity index is 563. The number of hydrogen-bond donors (Lipinski definition) is 2. The van der Waals surface area contributed by atoms with Gasteiger partial charge in [0, 0.05) is 25.3 Å². The molecule has 0 saturated carbocycles. The Morgan fingerprint density at radius 1 is 1.25 bits per heavy atom. The number of quaternary nitrogens is 1. The molecule has 1 amide bonds. The van der Waals surface area contributed by atoms with Crippen LogP contribution in [-0.4, -0.2) is 64.2 Å². The molecule has 2 aliphatic heterocycles. The average molecular weight is 336 g/mol. The van der Waals surface area contributed by atoms with E-state index >= 15 is 0 Å². The van der Waals surface area contributed by atoms with E-state index in [1.807, 2.05) is 14.1 Å². The second-order valence-corrected chi connectivity index (χ2v) is 6.58. The van der Waals surface area contributed by atoms with Gasteiger partial charge < -0.3 is 30.2 Å². The van der Waals surface area contributed by atoms with Crippen molar-refractivity contribution in [2.24, 2.45) is 5.73 Å². The lowest BCUT2D eigenvalue weighted by Crippen LogP contribution is -2.91. The maximum Gasteiger partial charge on any atom is 0.243 e. The van der Waals surface area contributed by atoms with Crippen molar-refractivity contribution in [1.29, 1.82) is 0 Å². The van der Waals surface area contributed by atoms with Gasteiger partial charge in [0.2, 0.25) is 5.91 Å². The first kappa shape index (κ1) is 17.2. The minimum absolute atomic E-state index is 0.00363. The zero-order valence-corrected chi connectivity index (χ0v) is 14.2. The summed E-state index contributed by atoms with van der Waals surface area (Å²) in [6.07, 6.45) is -0.314. The van der Waals surface area contributed by atoms with Crippen molar-refractivity contribution in [3.63, 3.8) is 0 Å².